The van der Waals surface area contributed by atoms with Gasteiger partial charge in [-0.3, -0.25) is 9.36 Å². The predicted octanol–water partition coefficient (Wildman–Crippen LogP) is 6.24. The standard InChI is InChI=1S/C25H23ClN4OS/c1-16-6-4-8-21(14-16)30-24(19-10-12-20(26)13-11-19)28-29-25(30)32-15-23(31)27-22-9-5-7-17(2)18(22)3/h4-14H,15H2,1-3H3,(H,27,31). The number of carbonyl (C=O) groups excluding carboxylic acids is 1. The Morgan fingerprint density at radius 3 is 2.50 bits per heavy atom. The number of halogens is 1. The molecule has 0 aliphatic carbocycles. The van der Waals surface area contributed by atoms with E-state index < -0.39 is 0 Å². The molecule has 0 spiro atoms. The van der Waals surface area contributed by atoms with Gasteiger partial charge >= 0.3 is 0 Å². The highest BCUT2D eigenvalue weighted by atomic mass is 35.5. The van der Waals surface area contributed by atoms with E-state index in [9.17, 15) is 4.79 Å². The van der Waals surface area contributed by atoms with Crippen LogP contribution >= 0.6 is 23.4 Å². The van der Waals surface area contributed by atoms with Crippen LogP contribution in [-0.2, 0) is 4.79 Å². The molecule has 1 aromatic heterocycles. The molecular weight excluding hydrogens is 440 g/mol. The van der Waals surface area contributed by atoms with Crippen molar-refractivity contribution < 1.29 is 4.79 Å². The molecule has 0 saturated carbocycles. The van der Waals surface area contributed by atoms with Crippen LogP contribution in [0, 0.1) is 20.8 Å². The first-order chi connectivity index (χ1) is 15.4. The van der Waals surface area contributed by atoms with Crippen molar-refractivity contribution in [2.75, 3.05) is 11.1 Å². The molecule has 0 aliphatic rings. The Kier molecular flexibility index (Phi) is 6.63. The normalized spacial score (nSPS) is 10.9. The van der Waals surface area contributed by atoms with E-state index in [1.54, 1.807) is 0 Å². The Hall–Kier alpha value is -3.09. The second-order valence-electron chi connectivity index (χ2n) is 7.57. The van der Waals surface area contributed by atoms with Crippen molar-refractivity contribution in [2.45, 2.75) is 25.9 Å². The lowest BCUT2D eigenvalue weighted by atomic mass is 10.1. The molecule has 5 nitrogen and oxygen atoms in total. The van der Waals surface area contributed by atoms with E-state index in [4.69, 9.17) is 11.6 Å². The number of hydrogen-bond acceptors (Lipinski definition) is 4. The van der Waals surface area contributed by atoms with Gasteiger partial charge in [-0.1, -0.05) is 47.6 Å². The monoisotopic (exact) mass is 462 g/mol. The number of hydrogen-bond donors (Lipinski definition) is 1. The molecular formula is C25H23ClN4OS. The highest BCUT2D eigenvalue weighted by Crippen LogP contribution is 2.29. The van der Waals surface area contributed by atoms with E-state index >= 15 is 0 Å². The zero-order valence-electron chi connectivity index (χ0n) is 18.1. The molecule has 3 aromatic carbocycles. The van der Waals surface area contributed by atoms with Crippen LogP contribution < -0.4 is 5.32 Å². The maximum atomic E-state index is 12.7. The average molecular weight is 463 g/mol. The molecule has 4 aromatic rings. The number of benzene rings is 3. The van der Waals surface area contributed by atoms with Gasteiger partial charge in [0, 0.05) is 22.0 Å². The van der Waals surface area contributed by atoms with Gasteiger partial charge < -0.3 is 5.32 Å². The van der Waals surface area contributed by atoms with Crippen molar-refractivity contribution in [1.29, 1.82) is 0 Å². The lowest BCUT2D eigenvalue weighted by Crippen LogP contribution is -2.15. The van der Waals surface area contributed by atoms with Gasteiger partial charge in [-0.05, 0) is 79.9 Å². The van der Waals surface area contributed by atoms with Crippen molar-refractivity contribution in [3.63, 3.8) is 0 Å². The van der Waals surface area contributed by atoms with Gasteiger partial charge in [-0.15, -0.1) is 10.2 Å². The van der Waals surface area contributed by atoms with Gasteiger partial charge in [0.25, 0.3) is 0 Å². The average Bonchev–Trinajstić information content (AvgIpc) is 3.20. The number of rotatable bonds is 6. The van der Waals surface area contributed by atoms with Crippen LogP contribution in [0.25, 0.3) is 17.1 Å². The van der Waals surface area contributed by atoms with Crippen molar-refractivity contribution in [2.24, 2.45) is 0 Å². The van der Waals surface area contributed by atoms with Crippen molar-refractivity contribution >= 4 is 35.0 Å². The topological polar surface area (TPSA) is 59.8 Å². The first-order valence-corrected chi connectivity index (χ1v) is 11.6. The zero-order valence-corrected chi connectivity index (χ0v) is 19.7. The van der Waals surface area contributed by atoms with Crippen LogP contribution in [0.5, 0.6) is 0 Å². The van der Waals surface area contributed by atoms with E-state index in [0.717, 1.165) is 33.6 Å². The largest absolute Gasteiger partial charge is 0.325 e. The number of carbonyl (C=O) groups is 1. The third-order valence-electron chi connectivity index (χ3n) is 5.21. The Labute approximate surface area is 196 Å². The number of nitrogens with one attached hydrogen (secondary N) is 1. The van der Waals surface area contributed by atoms with E-state index in [1.165, 1.54) is 11.8 Å². The summed E-state index contributed by atoms with van der Waals surface area (Å²) in [5.41, 5.74) is 6.01. The molecule has 0 saturated heterocycles. The van der Waals surface area contributed by atoms with E-state index in [0.29, 0.717) is 16.0 Å². The third kappa shape index (κ3) is 4.87. The summed E-state index contributed by atoms with van der Waals surface area (Å²) in [6, 6.07) is 21.5. The maximum absolute atomic E-state index is 12.7. The summed E-state index contributed by atoms with van der Waals surface area (Å²) < 4.78 is 1.98. The lowest BCUT2D eigenvalue weighted by molar-refractivity contribution is -0.113. The summed E-state index contributed by atoms with van der Waals surface area (Å²) in [4.78, 5) is 12.7. The van der Waals surface area contributed by atoms with E-state index in [1.807, 2.05) is 86.0 Å². The summed E-state index contributed by atoms with van der Waals surface area (Å²) in [6.45, 7) is 6.08. The van der Waals surface area contributed by atoms with Crippen LogP contribution in [0.4, 0.5) is 5.69 Å². The third-order valence-corrected chi connectivity index (χ3v) is 6.39. The Balaban J connectivity index is 1.61. The van der Waals surface area contributed by atoms with Crippen LogP contribution in [0.1, 0.15) is 16.7 Å². The van der Waals surface area contributed by atoms with Crippen molar-refractivity contribution in [3.05, 3.63) is 88.4 Å². The molecule has 0 atom stereocenters. The molecule has 0 unspecified atom stereocenters. The van der Waals surface area contributed by atoms with Gasteiger partial charge in [0.15, 0.2) is 11.0 Å². The molecule has 0 radical (unpaired) electrons. The molecule has 1 heterocycles. The minimum Gasteiger partial charge on any atom is -0.325 e. The summed E-state index contributed by atoms with van der Waals surface area (Å²) in [7, 11) is 0. The fourth-order valence-corrected chi connectivity index (χ4v) is 4.23. The number of aryl methyl sites for hydroxylation is 2. The summed E-state index contributed by atoms with van der Waals surface area (Å²) in [6.07, 6.45) is 0. The maximum Gasteiger partial charge on any atom is 0.234 e. The smallest absolute Gasteiger partial charge is 0.234 e. The first kappa shape index (κ1) is 22.1. The summed E-state index contributed by atoms with van der Waals surface area (Å²) >= 11 is 7.42. The molecule has 0 aliphatic heterocycles. The quantitative estimate of drug-likeness (QED) is 0.344. The van der Waals surface area contributed by atoms with Gasteiger partial charge in [0.05, 0.1) is 5.75 Å². The molecule has 7 heteroatoms. The molecule has 32 heavy (non-hydrogen) atoms. The fourth-order valence-electron chi connectivity index (χ4n) is 3.35. The summed E-state index contributed by atoms with van der Waals surface area (Å²) in [5, 5.41) is 13.1. The highest BCUT2D eigenvalue weighted by Gasteiger charge is 2.18. The van der Waals surface area contributed by atoms with E-state index in [-0.39, 0.29) is 11.7 Å². The summed E-state index contributed by atoms with van der Waals surface area (Å²) in [5.74, 6) is 0.832. The Morgan fingerprint density at radius 1 is 1.00 bits per heavy atom. The molecule has 0 bridgehead atoms. The SMILES string of the molecule is Cc1cccc(-n2c(SCC(=O)Nc3cccc(C)c3C)nnc2-c2ccc(Cl)cc2)c1. The van der Waals surface area contributed by atoms with Gasteiger partial charge in [-0.25, -0.2) is 0 Å². The first-order valence-electron chi connectivity index (χ1n) is 10.2. The second kappa shape index (κ2) is 9.59. The minimum atomic E-state index is -0.0875. The van der Waals surface area contributed by atoms with Crippen LogP contribution in [0.2, 0.25) is 5.02 Å². The van der Waals surface area contributed by atoms with Gasteiger partial charge in [0.2, 0.25) is 5.91 Å². The van der Waals surface area contributed by atoms with Crippen LogP contribution in [0.3, 0.4) is 0 Å². The predicted molar refractivity (Wildman–Crippen MR) is 132 cm³/mol. The molecule has 4 rings (SSSR count). The number of amides is 1. The number of aromatic nitrogens is 3. The van der Waals surface area contributed by atoms with E-state index in [2.05, 4.69) is 21.6 Å². The lowest BCUT2D eigenvalue weighted by Gasteiger charge is -2.12. The Bertz CT molecular complexity index is 1270. The zero-order chi connectivity index (χ0) is 22.7. The molecule has 1 amide bonds. The number of nitrogens with zero attached hydrogens (tertiary/aromatic N) is 3. The van der Waals surface area contributed by atoms with Crippen molar-refractivity contribution in [1.82, 2.24) is 14.8 Å². The second-order valence-corrected chi connectivity index (χ2v) is 8.95. The Morgan fingerprint density at radius 2 is 1.75 bits per heavy atom. The highest BCUT2D eigenvalue weighted by molar-refractivity contribution is 7.99. The molecule has 0 fully saturated rings. The van der Waals surface area contributed by atoms with Gasteiger partial charge in [-0.2, -0.15) is 0 Å². The number of thioether (sulfide) groups is 1. The fraction of sp³-hybridized carbons (Fsp3) is 0.160. The van der Waals surface area contributed by atoms with Crippen LogP contribution in [0.15, 0.2) is 71.9 Å². The molecule has 1 N–H and O–H groups in total. The van der Waals surface area contributed by atoms with Gasteiger partial charge in [0.1, 0.15) is 0 Å². The van der Waals surface area contributed by atoms with Crippen molar-refractivity contribution in [3.8, 4) is 17.1 Å². The number of anilines is 1. The minimum absolute atomic E-state index is 0.0875. The molecule has 162 valence electrons. The van der Waals surface area contributed by atoms with Crippen LogP contribution in [-0.4, -0.2) is 26.4 Å².